The van der Waals surface area contributed by atoms with Crippen molar-refractivity contribution in [3.63, 3.8) is 0 Å². The van der Waals surface area contributed by atoms with E-state index in [0.29, 0.717) is 5.92 Å². The number of nitrogens with zero attached hydrogens (tertiary/aromatic N) is 2. The Balaban J connectivity index is 1.97. The molecule has 0 fully saturated rings. The molecule has 0 saturated heterocycles. The monoisotopic (exact) mass is 273 g/mol. The lowest BCUT2D eigenvalue weighted by molar-refractivity contribution is 0.410. The molecule has 0 aromatic carbocycles. The van der Waals surface area contributed by atoms with Gasteiger partial charge in [0.05, 0.1) is 16.7 Å². The Morgan fingerprint density at radius 1 is 1.47 bits per heavy atom. The summed E-state index contributed by atoms with van der Waals surface area (Å²) >= 11 is 1.72. The van der Waals surface area contributed by atoms with Gasteiger partial charge in [-0.05, 0) is 44.9 Å². The highest BCUT2D eigenvalue weighted by Gasteiger charge is 2.30. The van der Waals surface area contributed by atoms with E-state index in [9.17, 15) is 0 Å². The van der Waals surface area contributed by atoms with Crippen LogP contribution in [0, 0.1) is 6.92 Å². The van der Waals surface area contributed by atoms with Gasteiger partial charge < -0.3 is 5.32 Å². The number of aromatic nitrogens is 2. The Hall–Kier alpha value is -1.26. The van der Waals surface area contributed by atoms with E-state index in [0.717, 1.165) is 17.1 Å². The number of rotatable bonds is 3. The lowest BCUT2D eigenvalue weighted by Crippen LogP contribution is -2.27. The number of nitrogens with one attached hydrogen (secondary N) is 1. The molecule has 1 aliphatic carbocycles. The molecule has 0 amide bonds. The molecule has 4 heteroatoms. The van der Waals surface area contributed by atoms with Crippen molar-refractivity contribution in [2.75, 3.05) is 7.05 Å². The van der Waals surface area contributed by atoms with E-state index >= 15 is 0 Å². The fourth-order valence-electron chi connectivity index (χ4n) is 3.05. The number of hydrogen-bond donors (Lipinski definition) is 1. The molecule has 2 unspecified atom stereocenters. The van der Waals surface area contributed by atoms with Crippen molar-refractivity contribution >= 4 is 11.3 Å². The Bertz CT molecular complexity index is 564. The molecular weight excluding hydrogens is 254 g/mol. The second-order valence-corrected chi connectivity index (χ2v) is 6.17. The zero-order valence-electron chi connectivity index (χ0n) is 11.4. The van der Waals surface area contributed by atoms with Crippen LogP contribution in [0.25, 0.3) is 0 Å². The summed E-state index contributed by atoms with van der Waals surface area (Å²) in [5, 5.41) is 6.75. The molecule has 2 heterocycles. The smallest absolute Gasteiger partial charge is 0.0898 e. The third kappa shape index (κ3) is 2.42. The second-order valence-electron chi connectivity index (χ2n) is 5.10. The van der Waals surface area contributed by atoms with Crippen molar-refractivity contribution in [2.45, 2.75) is 38.1 Å². The maximum Gasteiger partial charge on any atom is 0.0898 e. The minimum atomic E-state index is 0.277. The number of hydrogen-bond acceptors (Lipinski definition) is 4. The molecule has 2 aromatic heterocycles. The van der Waals surface area contributed by atoms with Gasteiger partial charge in [0, 0.05) is 23.2 Å². The molecule has 0 aliphatic heterocycles. The largest absolute Gasteiger partial charge is 0.311 e. The average Bonchev–Trinajstić information content (AvgIpc) is 2.86. The van der Waals surface area contributed by atoms with Gasteiger partial charge in [-0.2, -0.15) is 0 Å². The van der Waals surface area contributed by atoms with Crippen LogP contribution in [0.15, 0.2) is 23.7 Å². The predicted octanol–water partition coefficient (Wildman–Crippen LogP) is 3.23. The lowest BCUT2D eigenvalue weighted by Gasteiger charge is -2.30. The summed E-state index contributed by atoms with van der Waals surface area (Å²) in [5.41, 5.74) is 3.83. The van der Waals surface area contributed by atoms with E-state index in [1.165, 1.54) is 24.1 Å². The first-order valence-corrected chi connectivity index (χ1v) is 7.70. The molecule has 0 radical (unpaired) electrons. The van der Waals surface area contributed by atoms with Gasteiger partial charge >= 0.3 is 0 Å². The van der Waals surface area contributed by atoms with Gasteiger partial charge in [-0.3, -0.25) is 4.98 Å². The van der Waals surface area contributed by atoms with E-state index in [1.807, 2.05) is 19.3 Å². The molecule has 0 bridgehead atoms. The van der Waals surface area contributed by atoms with Gasteiger partial charge in [0.1, 0.15) is 0 Å². The van der Waals surface area contributed by atoms with Crippen molar-refractivity contribution in [2.24, 2.45) is 0 Å². The summed E-state index contributed by atoms with van der Waals surface area (Å²) in [7, 11) is 2.02. The topological polar surface area (TPSA) is 37.8 Å². The van der Waals surface area contributed by atoms with Crippen LogP contribution in [0.3, 0.4) is 0 Å². The first-order chi connectivity index (χ1) is 9.29. The van der Waals surface area contributed by atoms with Gasteiger partial charge in [0.15, 0.2) is 0 Å². The Kier molecular flexibility index (Phi) is 3.62. The van der Waals surface area contributed by atoms with Crippen LogP contribution >= 0.6 is 11.3 Å². The quantitative estimate of drug-likeness (QED) is 0.933. The van der Waals surface area contributed by atoms with Gasteiger partial charge in [-0.1, -0.05) is 6.07 Å². The first-order valence-electron chi connectivity index (χ1n) is 6.82. The summed E-state index contributed by atoms with van der Waals surface area (Å²) in [6.45, 7) is 2.06. The lowest BCUT2D eigenvalue weighted by atomic mass is 9.81. The minimum absolute atomic E-state index is 0.277. The fraction of sp³-hybridized carbons (Fsp3) is 0.467. The molecule has 2 aromatic rings. The summed E-state index contributed by atoms with van der Waals surface area (Å²) in [6.07, 6.45) is 5.50. The maximum atomic E-state index is 4.66. The predicted molar refractivity (Wildman–Crippen MR) is 78.6 cm³/mol. The maximum absolute atomic E-state index is 4.66. The normalized spacial score (nSPS) is 20.0. The average molecular weight is 273 g/mol. The second kappa shape index (κ2) is 5.39. The number of thiazole rings is 1. The van der Waals surface area contributed by atoms with Crippen LogP contribution < -0.4 is 5.32 Å². The van der Waals surface area contributed by atoms with Crippen molar-refractivity contribution in [3.8, 4) is 0 Å². The van der Waals surface area contributed by atoms with E-state index in [2.05, 4.69) is 33.7 Å². The number of likely N-dealkylation sites (N-methyl/N-ethyl adjacent to an activating group) is 1. The van der Waals surface area contributed by atoms with Crippen LogP contribution in [0.2, 0.25) is 0 Å². The van der Waals surface area contributed by atoms with Gasteiger partial charge in [0.2, 0.25) is 0 Å². The van der Waals surface area contributed by atoms with Crippen molar-refractivity contribution in [1.82, 2.24) is 15.3 Å². The standard InChI is InChI=1S/C15H19N3S/c1-10-18-13(9-19-10)15(16-2)12-7-3-5-11-6-4-8-17-14(11)12/h4,6,8-9,12,15-16H,3,5,7H2,1-2H3. The van der Waals surface area contributed by atoms with Crippen LogP contribution in [0.1, 0.15) is 46.8 Å². The molecular formula is C15H19N3S. The Morgan fingerprint density at radius 3 is 3.11 bits per heavy atom. The molecule has 1 aliphatic rings. The number of aryl methyl sites for hydroxylation is 2. The van der Waals surface area contributed by atoms with Gasteiger partial charge in [-0.15, -0.1) is 11.3 Å². The van der Waals surface area contributed by atoms with E-state index in [4.69, 9.17) is 0 Å². The molecule has 3 nitrogen and oxygen atoms in total. The van der Waals surface area contributed by atoms with Crippen molar-refractivity contribution in [3.05, 3.63) is 45.7 Å². The molecule has 100 valence electrons. The highest BCUT2D eigenvalue weighted by atomic mass is 32.1. The highest BCUT2D eigenvalue weighted by Crippen LogP contribution is 2.39. The SMILES string of the molecule is CNC(c1csc(C)n1)C1CCCc2cccnc21. The number of fused-ring (bicyclic) bond motifs is 1. The molecule has 0 spiro atoms. The van der Waals surface area contributed by atoms with E-state index in [-0.39, 0.29) is 6.04 Å². The minimum Gasteiger partial charge on any atom is -0.311 e. The zero-order chi connectivity index (χ0) is 13.2. The summed E-state index contributed by atoms with van der Waals surface area (Å²) in [4.78, 5) is 9.30. The van der Waals surface area contributed by atoms with Crippen molar-refractivity contribution < 1.29 is 0 Å². The fourth-order valence-corrected chi connectivity index (χ4v) is 3.70. The molecule has 0 saturated carbocycles. The summed E-state index contributed by atoms with van der Waals surface area (Å²) in [6, 6.07) is 4.54. The molecule has 19 heavy (non-hydrogen) atoms. The van der Waals surface area contributed by atoms with Crippen LogP contribution in [0.5, 0.6) is 0 Å². The van der Waals surface area contributed by atoms with E-state index < -0.39 is 0 Å². The number of pyridine rings is 1. The van der Waals surface area contributed by atoms with Gasteiger partial charge in [0.25, 0.3) is 0 Å². The summed E-state index contributed by atoms with van der Waals surface area (Å²) in [5.74, 6) is 0.441. The van der Waals surface area contributed by atoms with Crippen molar-refractivity contribution in [1.29, 1.82) is 0 Å². The van der Waals surface area contributed by atoms with Crippen LogP contribution in [-0.4, -0.2) is 17.0 Å². The van der Waals surface area contributed by atoms with Gasteiger partial charge in [-0.25, -0.2) is 4.98 Å². The molecule has 3 rings (SSSR count). The Labute approximate surface area is 118 Å². The van der Waals surface area contributed by atoms with Crippen LogP contribution in [-0.2, 0) is 6.42 Å². The Morgan fingerprint density at radius 2 is 2.37 bits per heavy atom. The zero-order valence-corrected chi connectivity index (χ0v) is 12.2. The third-order valence-electron chi connectivity index (χ3n) is 3.91. The van der Waals surface area contributed by atoms with Crippen LogP contribution in [0.4, 0.5) is 0 Å². The molecule has 2 atom stereocenters. The first kappa shape index (κ1) is 12.8. The highest BCUT2D eigenvalue weighted by molar-refractivity contribution is 7.09. The third-order valence-corrected chi connectivity index (χ3v) is 4.70. The van der Waals surface area contributed by atoms with E-state index in [1.54, 1.807) is 11.3 Å². The molecule has 1 N–H and O–H groups in total. The summed E-state index contributed by atoms with van der Waals surface area (Å²) < 4.78 is 0.